The summed E-state index contributed by atoms with van der Waals surface area (Å²) in [4.78, 5) is 11.5. The zero-order valence-corrected chi connectivity index (χ0v) is 10.6. The molecule has 1 amide bonds. The molecule has 1 rings (SSSR count). The summed E-state index contributed by atoms with van der Waals surface area (Å²) in [7, 11) is 0. The van der Waals surface area contributed by atoms with Crippen LogP contribution >= 0.6 is 0 Å². The third-order valence-electron chi connectivity index (χ3n) is 2.61. The SMILES string of the molecule is CCCC(O)c1ccn(CC(=O)NCCC#N)c1. The van der Waals surface area contributed by atoms with Crippen molar-refractivity contribution in [3.63, 3.8) is 0 Å². The van der Waals surface area contributed by atoms with Gasteiger partial charge in [0, 0.05) is 18.9 Å². The lowest BCUT2D eigenvalue weighted by Crippen LogP contribution is -2.27. The van der Waals surface area contributed by atoms with E-state index in [0.29, 0.717) is 13.0 Å². The van der Waals surface area contributed by atoms with Gasteiger partial charge in [-0.2, -0.15) is 5.26 Å². The second kappa shape index (κ2) is 7.51. The van der Waals surface area contributed by atoms with Crippen molar-refractivity contribution in [3.05, 3.63) is 24.0 Å². The number of carbonyl (C=O) groups is 1. The fourth-order valence-corrected chi connectivity index (χ4v) is 1.67. The van der Waals surface area contributed by atoms with Crippen molar-refractivity contribution in [2.75, 3.05) is 6.54 Å². The second-order valence-corrected chi connectivity index (χ2v) is 4.18. The molecule has 1 unspecified atom stereocenters. The summed E-state index contributed by atoms with van der Waals surface area (Å²) >= 11 is 0. The van der Waals surface area contributed by atoms with Gasteiger partial charge in [0.15, 0.2) is 0 Å². The lowest BCUT2D eigenvalue weighted by atomic mass is 10.1. The highest BCUT2D eigenvalue weighted by Crippen LogP contribution is 2.18. The monoisotopic (exact) mass is 249 g/mol. The van der Waals surface area contributed by atoms with Crippen molar-refractivity contribution in [1.82, 2.24) is 9.88 Å². The van der Waals surface area contributed by atoms with Gasteiger partial charge in [0.25, 0.3) is 0 Å². The van der Waals surface area contributed by atoms with Crippen molar-refractivity contribution in [2.24, 2.45) is 0 Å². The predicted molar refractivity (Wildman–Crippen MR) is 67.5 cm³/mol. The van der Waals surface area contributed by atoms with E-state index in [2.05, 4.69) is 5.32 Å². The molecule has 0 radical (unpaired) electrons. The third kappa shape index (κ3) is 4.60. The lowest BCUT2D eigenvalue weighted by Gasteiger charge is -2.06. The smallest absolute Gasteiger partial charge is 0.239 e. The molecule has 0 spiro atoms. The van der Waals surface area contributed by atoms with Crippen molar-refractivity contribution in [1.29, 1.82) is 5.26 Å². The minimum absolute atomic E-state index is 0.127. The predicted octanol–water partition coefficient (Wildman–Crippen LogP) is 1.35. The van der Waals surface area contributed by atoms with E-state index in [0.717, 1.165) is 18.4 Å². The van der Waals surface area contributed by atoms with Crippen LogP contribution in [0.5, 0.6) is 0 Å². The molecule has 1 aromatic rings. The molecule has 1 aromatic heterocycles. The van der Waals surface area contributed by atoms with Gasteiger partial charge in [0.2, 0.25) is 5.91 Å². The molecule has 0 bridgehead atoms. The molecule has 1 heterocycles. The van der Waals surface area contributed by atoms with Gasteiger partial charge in [-0.1, -0.05) is 13.3 Å². The number of hydrogen-bond acceptors (Lipinski definition) is 3. The van der Waals surface area contributed by atoms with Crippen LogP contribution in [0.1, 0.15) is 37.9 Å². The highest BCUT2D eigenvalue weighted by molar-refractivity contribution is 5.75. The molecule has 5 heteroatoms. The molecule has 0 aliphatic heterocycles. The first kappa shape index (κ1) is 14.3. The summed E-state index contributed by atoms with van der Waals surface area (Å²) in [5.74, 6) is -0.127. The van der Waals surface area contributed by atoms with E-state index in [4.69, 9.17) is 5.26 Å². The summed E-state index contributed by atoms with van der Waals surface area (Å²) in [5, 5.41) is 20.8. The van der Waals surface area contributed by atoms with Gasteiger partial charge in [-0.3, -0.25) is 4.79 Å². The molecule has 0 saturated carbocycles. The minimum Gasteiger partial charge on any atom is -0.388 e. The van der Waals surface area contributed by atoms with E-state index in [-0.39, 0.29) is 12.5 Å². The molecule has 98 valence electrons. The molecule has 18 heavy (non-hydrogen) atoms. The Morgan fingerprint density at radius 2 is 2.44 bits per heavy atom. The highest BCUT2D eigenvalue weighted by Gasteiger charge is 2.09. The Hall–Kier alpha value is -1.80. The number of aliphatic hydroxyl groups is 1. The summed E-state index contributed by atoms with van der Waals surface area (Å²) in [5.41, 5.74) is 0.835. The van der Waals surface area contributed by atoms with Gasteiger partial charge in [0.1, 0.15) is 6.54 Å². The Morgan fingerprint density at radius 1 is 1.67 bits per heavy atom. The largest absolute Gasteiger partial charge is 0.388 e. The van der Waals surface area contributed by atoms with Crippen LogP contribution in [0.25, 0.3) is 0 Å². The first-order chi connectivity index (χ1) is 8.67. The fourth-order valence-electron chi connectivity index (χ4n) is 1.67. The van der Waals surface area contributed by atoms with E-state index in [9.17, 15) is 9.90 Å². The average Bonchev–Trinajstić information content (AvgIpc) is 2.78. The number of amides is 1. The summed E-state index contributed by atoms with van der Waals surface area (Å²) in [6.07, 6.45) is 5.05. The number of aromatic nitrogens is 1. The molecule has 5 nitrogen and oxygen atoms in total. The van der Waals surface area contributed by atoms with Crippen molar-refractivity contribution in [3.8, 4) is 6.07 Å². The molecular weight excluding hydrogens is 230 g/mol. The van der Waals surface area contributed by atoms with Crippen LogP contribution in [0.4, 0.5) is 0 Å². The van der Waals surface area contributed by atoms with Crippen molar-refractivity contribution >= 4 is 5.91 Å². The van der Waals surface area contributed by atoms with E-state index in [1.54, 1.807) is 17.0 Å². The number of aliphatic hydroxyl groups excluding tert-OH is 1. The number of nitrogens with zero attached hydrogens (tertiary/aromatic N) is 2. The Bertz CT molecular complexity index is 420. The first-order valence-corrected chi connectivity index (χ1v) is 6.14. The van der Waals surface area contributed by atoms with Gasteiger partial charge in [-0.15, -0.1) is 0 Å². The molecule has 0 fully saturated rings. The van der Waals surface area contributed by atoms with Crippen LogP contribution in [0, 0.1) is 11.3 Å². The van der Waals surface area contributed by atoms with E-state index in [1.165, 1.54) is 0 Å². The normalized spacial score (nSPS) is 11.8. The number of nitriles is 1. The highest BCUT2D eigenvalue weighted by atomic mass is 16.3. The number of carbonyl (C=O) groups excluding carboxylic acids is 1. The molecular formula is C13H19N3O2. The number of hydrogen-bond donors (Lipinski definition) is 2. The average molecular weight is 249 g/mol. The van der Waals surface area contributed by atoms with Gasteiger partial charge >= 0.3 is 0 Å². The molecule has 0 aliphatic rings. The molecule has 2 N–H and O–H groups in total. The van der Waals surface area contributed by atoms with E-state index >= 15 is 0 Å². The Morgan fingerprint density at radius 3 is 3.11 bits per heavy atom. The zero-order chi connectivity index (χ0) is 13.4. The maximum absolute atomic E-state index is 11.5. The molecule has 0 aliphatic carbocycles. The zero-order valence-electron chi connectivity index (χ0n) is 10.6. The van der Waals surface area contributed by atoms with Gasteiger partial charge in [-0.05, 0) is 18.1 Å². The van der Waals surface area contributed by atoms with Crippen LogP contribution in [0.2, 0.25) is 0 Å². The van der Waals surface area contributed by atoms with E-state index in [1.807, 2.05) is 19.1 Å². The van der Waals surface area contributed by atoms with Gasteiger partial charge in [0.05, 0.1) is 18.6 Å². The Labute approximate surface area is 107 Å². The first-order valence-electron chi connectivity index (χ1n) is 6.14. The fraction of sp³-hybridized carbons (Fsp3) is 0.538. The summed E-state index contributed by atoms with van der Waals surface area (Å²) < 4.78 is 1.73. The quantitative estimate of drug-likeness (QED) is 0.716. The standard InChI is InChI=1S/C13H19N3O2/c1-2-4-12(17)11-5-8-16(9-11)10-13(18)15-7-3-6-14/h5,8-9,12,17H,2-4,7,10H2,1H3,(H,15,18). The van der Waals surface area contributed by atoms with Gasteiger partial charge < -0.3 is 15.0 Å². The maximum atomic E-state index is 11.5. The third-order valence-corrected chi connectivity index (χ3v) is 2.61. The Balaban J connectivity index is 2.44. The topological polar surface area (TPSA) is 78.1 Å². The maximum Gasteiger partial charge on any atom is 0.239 e. The van der Waals surface area contributed by atoms with Crippen LogP contribution in [-0.2, 0) is 11.3 Å². The Kier molecular flexibility index (Phi) is 5.95. The number of rotatable bonds is 7. The van der Waals surface area contributed by atoms with Crippen LogP contribution in [0.15, 0.2) is 18.5 Å². The van der Waals surface area contributed by atoms with Gasteiger partial charge in [-0.25, -0.2) is 0 Å². The summed E-state index contributed by atoms with van der Waals surface area (Å²) in [6, 6.07) is 3.79. The van der Waals surface area contributed by atoms with Crippen LogP contribution in [-0.4, -0.2) is 22.1 Å². The van der Waals surface area contributed by atoms with E-state index < -0.39 is 6.10 Å². The molecule has 0 aromatic carbocycles. The van der Waals surface area contributed by atoms with Crippen molar-refractivity contribution < 1.29 is 9.90 Å². The lowest BCUT2D eigenvalue weighted by molar-refractivity contribution is -0.121. The molecule has 0 saturated heterocycles. The second-order valence-electron chi connectivity index (χ2n) is 4.18. The number of nitrogens with one attached hydrogen (secondary N) is 1. The summed E-state index contributed by atoms with van der Waals surface area (Å²) in [6.45, 7) is 2.61. The van der Waals surface area contributed by atoms with Crippen LogP contribution in [0.3, 0.4) is 0 Å². The minimum atomic E-state index is -0.460. The molecule has 1 atom stereocenters. The van der Waals surface area contributed by atoms with Crippen molar-refractivity contribution in [2.45, 2.75) is 38.8 Å². The van der Waals surface area contributed by atoms with Crippen LogP contribution < -0.4 is 5.32 Å².